The van der Waals surface area contributed by atoms with E-state index in [1.165, 1.54) is 12.0 Å². The molecule has 3 rings (SSSR count). The van der Waals surface area contributed by atoms with Crippen LogP contribution in [0.1, 0.15) is 18.4 Å². The van der Waals surface area contributed by atoms with Gasteiger partial charge in [0.15, 0.2) is 0 Å². The minimum Gasteiger partial charge on any atom is -0.377 e. The van der Waals surface area contributed by atoms with Crippen LogP contribution < -0.4 is 0 Å². The van der Waals surface area contributed by atoms with Crippen molar-refractivity contribution in [2.45, 2.75) is 37.6 Å². The Balaban J connectivity index is 1.72. The summed E-state index contributed by atoms with van der Waals surface area (Å²) in [5, 5.41) is 4.23. The van der Waals surface area contributed by atoms with E-state index in [0.29, 0.717) is 6.04 Å². The maximum atomic E-state index is 5.89. The first kappa shape index (κ1) is 12.1. The van der Waals surface area contributed by atoms with Gasteiger partial charge in [0.05, 0.1) is 12.3 Å². The topological polar surface area (TPSA) is 39.5 Å². The molecular weight excluding hydrogens is 230 g/mol. The first-order valence-corrected chi connectivity index (χ1v) is 6.64. The molecule has 0 radical (unpaired) electrons. The molecule has 0 aliphatic carbocycles. The number of hydrogen-bond acceptors (Lipinski definition) is 4. The van der Waals surface area contributed by atoms with E-state index in [4.69, 9.17) is 9.47 Å². The van der Waals surface area contributed by atoms with Crippen molar-refractivity contribution in [3.8, 4) is 0 Å². The summed E-state index contributed by atoms with van der Waals surface area (Å²) < 4.78 is 13.3. The number of fused-ring (bicyclic) bond motifs is 1. The highest BCUT2D eigenvalue weighted by Crippen LogP contribution is 2.31. The Hall–Kier alpha value is -0.910. The average Bonchev–Trinajstić information content (AvgIpc) is 2.95. The molecule has 2 aliphatic heterocycles. The fourth-order valence-corrected chi connectivity index (χ4v) is 3.18. The second-order valence-corrected chi connectivity index (χ2v) is 5.27. The predicted molar refractivity (Wildman–Crippen MR) is 67.2 cm³/mol. The van der Waals surface area contributed by atoms with Crippen LogP contribution in [0.25, 0.3) is 0 Å². The Morgan fingerprint density at radius 3 is 3.17 bits per heavy atom. The number of aromatic nitrogens is 2. The van der Waals surface area contributed by atoms with Gasteiger partial charge in [-0.1, -0.05) is 0 Å². The third-order valence-electron chi connectivity index (χ3n) is 4.03. The van der Waals surface area contributed by atoms with Crippen molar-refractivity contribution >= 4 is 0 Å². The van der Waals surface area contributed by atoms with Gasteiger partial charge in [0.1, 0.15) is 6.10 Å². The predicted octanol–water partition coefficient (Wildman–Crippen LogP) is 0.798. The molecule has 3 atom stereocenters. The summed E-state index contributed by atoms with van der Waals surface area (Å²) in [7, 11) is 3.74. The van der Waals surface area contributed by atoms with E-state index in [1.807, 2.05) is 17.9 Å². The monoisotopic (exact) mass is 251 g/mol. The minimum absolute atomic E-state index is 0.215. The zero-order valence-electron chi connectivity index (χ0n) is 11.1. The molecule has 0 saturated carbocycles. The summed E-state index contributed by atoms with van der Waals surface area (Å²) in [5.74, 6) is 0. The summed E-state index contributed by atoms with van der Waals surface area (Å²) >= 11 is 0. The molecule has 0 unspecified atom stereocenters. The average molecular weight is 251 g/mol. The Labute approximate surface area is 108 Å². The molecule has 0 spiro atoms. The molecule has 0 bridgehead atoms. The number of hydrogen-bond donors (Lipinski definition) is 0. The van der Waals surface area contributed by atoms with Crippen LogP contribution in [-0.4, -0.2) is 53.2 Å². The van der Waals surface area contributed by atoms with E-state index in [0.717, 1.165) is 26.1 Å². The summed E-state index contributed by atoms with van der Waals surface area (Å²) in [6.45, 7) is 2.78. The molecule has 100 valence electrons. The quantitative estimate of drug-likeness (QED) is 0.796. The standard InChI is InChI=1S/C13H21N3O2/c1-15-7-10(6-14-15)8-16-9-12(17-2)13-11(16)4-3-5-18-13/h6-7,11-13H,3-5,8-9H2,1-2H3/t11-,12+,13+/m0/s1. The van der Waals surface area contributed by atoms with Crippen molar-refractivity contribution in [1.82, 2.24) is 14.7 Å². The van der Waals surface area contributed by atoms with Gasteiger partial charge in [-0.2, -0.15) is 5.10 Å². The fraction of sp³-hybridized carbons (Fsp3) is 0.769. The number of ether oxygens (including phenoxy) is 2. The first-order chi connectivity index (χ1) is 8.78. The van der Waals surface area contributed by atoms with Gasteiger partial charge in [-0.3, -0.25) is 9.58 Å². The lowest BCUT2D eigenvalue weighted by atomic mass is 10.0. The van der Waals surface area contributed by atoms with Crippen LogP contribution in [0.4, 0.5) is 0 Å². The van der Waals surface area contributed by atoms with Gasteiger partial charge in [0, 0.05) is 51.7 Å². The van der Waals surface area contributed by atoms with E-state index in [2.05, 4.69) is 16.2 Å². The van der Waals surface area contributed by atoms with Crippen molar-refractivity contribution < 1.29 is 9.47 Å². The Bertz CT molecular complexity index is 407. The fourth-order valence-electron chi connectivity index (χ4n) is 3.18. The van der Waals surface area contributed by atoms with E-state index in [1.54, 1.807) is 7.11 Å². The first-order valence-electron chi connectivity index (χ1n) is 6.64. The number of rotatable bonds is 3. The normalized spacial score (nSPS) is 32.7. The molecule has 5 nitrogen and oxygen atoms in total. The molecule has 2 fully saturated rings. The highest BCUT2D eigenvalue weighted by molar-refractivity contribution is 5.07. The molecule has 5 heteroatoms. The van der Waals surface area contributed by atoms with E-state index in [9.17, 15) is 0 Å². The maximum Gasteiger partial charge on any atom is 0.100 e. The van der Waals surface area contributed by atoms with Gasteiger partial charge in [-0.05, 0) is 12.8 Å². The van der Waals surface area contributed by atoms with Gasteiger partial charge in [0.25, 0.3) is 0 Å². The van der Waals surface area contributed by atoms with Gasteiger partial charge >= 0.3 is 0 Å². The van der Waals surface area contributed by atoms with Crippen LogP contribution in [-0.2, 0) is 23.1 Å². The largest absolute Gasteiger partial charge is 0.377 e. The number of aryl methyl sites for hydroxylation is 1. The van der Waals surface area contributed by atoms with Crippen molar-refractivity contribution in [3.05, 3.63) is 18.0 Å². The smallest absolute Gasteiger partial charge is 0.100 e. The van der Waals surface area contributed by atoms with E-state index in [-0.39, 0.29) is 12.2 Å². The van der Waals surface area contributed by atoms with Gasteiger partial charge in [-0.25, -0.2) is 0 Å². The number of likely N-dealkylation sites (tertiary alicyclic amines) is 1. The third kappa shape index (κ3) is 2.18. The summed E-state index contributed by atoms with van der Waals surface area (Å²) in [6, 6.07) is 0.504. The van der Waals surface area contributed by atoms with E-state index < -0.39 is 0 Å². The Morgan fingerprint density at radius 2 is 2.44 bits per heavy atom. The Kier molecular flexibility index (Phi) is 3.37. The van der Waals surface area contributed by atoms with Crippen molar-refractivity contribution in [1.29, 1.82) is 0 Å². The molecule has 1 aromatic rings. The van der Waals surface area contributed by atoms with Crippen LogP contribution in [0.3, 0.4) is 0 Å². The number of methoxy groups -OCH3 is 1. The highest BCUT2D eigenvalue weighted by Gasteiger charge is 2.44. The van der Waals surface area contributed by atoms with Gasteiger partial charge in [0.2, 0.25) is 0 Å². The molecule has 0 amide bonds. The minimum atomic E-state index is 0.215. The molecule has 18 heavy (non-hydrogen) atoms. The molecule has 1 aromatic heterocycles. The Morgan fingerprint density at radius 1 is 1.56 bits per heavy atom. The van der Waals surface area contributed by atoms with Crippen LogP contribution in [0.2, 0.25) is 0 Å². The zero-order chi connectivity index (χ0) is 12.5. The van der Waals surface area contributed by atoms with Gasteiger partial charge in [-0.15, -0.1) is 0 Å². The van der Waals surface area contributed by atoms with Crippen molar-refractivity contribution in [3.63, 3.8) is 0 Å². The van der Waals surface area contributed by atoms with Crippen LogP contribution >= 0.6 is 0 Å². The summed E-state index contributed by atoms with van der Waals surface area (Å²) in [4.78, 5) is 2.48. The van der Waals surface area contributed by atoms with E-state index >= 15 is 0 Å². The molecule has 3 heterocycles. The zero-order valence-corrected chi connectivity index (χ0v) is 11.1. The molecule has 2 saturated heterocycles. The van der Waals surface area contributed by atoms with Crippen LogP contribution in [0, 0.1) is 0 Å². The highest BCUT2D eigenvalue weighted by atomic mass is 16.5. The van der Waals surface area contributed by atoms with Crippen LogP contribution in [0.5, 0.6) is 0 Å². The van der Waals surface area contributed by atoms with Gasteiger partial charge < -0.3 is 9.47 Å². The lowest BCUT2D eigenvalue weighted by molar-refractivity contribution is -0.0655. The lowest BCUT2D eigenvalue weighted by Crippen LogP contribution is -2.41. The lowest BCUT2D eigenvalue weighted by Gasteiger charge is -2.31. The molecule has 2 aliphatic rings. The second-order valence-electron chi connectivity index (χ2n) is 5.27. The van der Waals surface area contributed by atoms with Crippen molar-refractivity contribution in [2.75, 3.05) is 20.3 Å². The number of nitrogens with zero attached hydrogens (tertiary/aromatic N) is 3. The summed E-state index contributed by atoms with van der Waals surface area (Å²) in [6.07, 6.45) is 6.86. The maximum absolute atomic E-state index is 5.89. The molecule has 0 aromatic carbocycles. The molecular formula is C13H21N3O2. The molecule has 0 N–H and O–H groups in total. The second kappa shape index (κ2) is 4.99. The van der Waals surface area contributed by atoms with Crippen LogP contribution in [0.15, 0.2) is 12.4 Å². The third-order valence-corrected chi connectivity index (χ3v) is 4.03. The summed E-state index contributed by atoms with van der Waals surface area (Å²) in [5.41, 5.74) is 1.26. The van der Waals surface area contributed by atoms with Crippen molar-refractivity contribution in [2.24, 2.45) is 7.05 Å². The SMILES string of the molecule is CO[C@@H]1CN(Cc2cnn(C)c2)[C@H]2CCCO[C@@H]12.